The number of rotatable bonds is 6. The second-order valence-corrected chi connectivity index (χ2v) is 7.43. The van der Waals surface area contributed by atoms with Crippen molar-refractivity contribution in [2.75, 3.05) is 13.1 Å². The molecule has 4 rings (SSSR count). The first kappa shape index (κ1) is 17.4. The van der Waals surface area contributed by atoms with Gasteiger partial charge in [0, 0.05) is 6.54 Å². The molecule has 0 unspecified atom stereocenters. The van der Waals surface area contributed by atoms with Crippen molar-refractivity contribution in [2.24, 2.45) is 0 Å². The highest BCUT2D eigenvalue weighted by Gasteiger charge is 2.18. The maximum Gasteiger partial charge on any atom is 0.262 e. The zero-order valence-corrected chi connectivity index (χ0v) is 16.0. The van der Waals surface area contributed by atoms with Crippen LogP contribution in [0, 0.1) is 4.77 Å². The first-order valence-electron chi connectivity index (χ1n) is 9.54. The van der Waals surface area contributed by atoms with Crippen molar-refractivity contribution in [1.82, 2.24) is 23.6 Å². The second-order valence-electron chi connectivity index (χ2n) is 7.07. The van der Waals surface area contributed by atoms with Gasteiger partial charge >= 0.3 is 0 Å². The SMILES string of the molecule is CCCCCn1c(=O)c2ccccc2n2c(=S)n(CN3CCCC3)nc12. The molecule has 6 nitrogen and oxygen atoms in total. The second kappa shape index (κ2) is 7.32. The Morgan fingerprint density at radius 3 is 2.69 bits per heavy atom. The molecule has 0 N–H and O–H groups in total. The van der Waals surface area contributed by atoms with Crippen LogP contribution in [0.5, 0.6) is 0 Å². The van der Waals surface area contributed by atoms with E-state index < -0.39 is 0 Å². The molecule has 0 spiro atoms. The number of nitrogens with zero attached hydrogens (tertiary/aromatic N) is 5. The lowest BCUT2D eigenvalue weighted by atomic mass is 10.2. The summed E-state index contributed by atoms with van der Waals surface area (Å²) in [5.74, 6) is 0.661. The molecule has 1 saturated heterocycles. The average Bonchev–Trinajstić information content (AvgIpc) is 3.27. The van der Waals surface area contributed by atoms with Crippen LogP contribution in [-0.4, -0.2) is 36.7 Å². The number of benzene rings is 1. The molecular formula is C19H25N5OS. The summed E-state index contributed by atoms with van der Waals surface area (Å²) >= 11 is 5.75. The molecule has 3 heterocycles. The van der Waals surface area contributed by atoms with Crippen molar-refractivity contribution in [3.8, 4) is 0 Å². The van der Waals surface area contributed by atoms with Gasteiger partial charge in [0.05, 0.1) is 17.6 Å². The van der Waals surface area contributed by atoms with Crippen LogP contribution in [0.15, 0.2) is 29.1 Å². The van der Waals surface area contributed by atoms with Crippen molar-refractivity contribution < 1.29 is 0 Å². The first-order chi connectivity index (χ1) is 12.7. The number of aryl methyl sites for hydroxylation is 1. The highest BCUT2D eigenvalue weighted by atomic mass is 32.1. The summed E-state index contributed by atoms with van der Waals surface area (Å²) in [4.78, 5) is 15.4. The van der Waals surface area contributed by atoms with Gasteiger partial charge in [-0.1, -0.05) is 31.9 Å². The Morgan fingerprint density at radius 2 is 1.92 bits per heavy atom. The molecule has 0 saturated carbocycles. The molecule has 138 valence electrons. The van der Waals surface area contributed by atoms with Crippen LogP contribution in [0.4, 0.5) is 0 Å². The lowest BCUT2D eigenvalue weighted by Gasteiger charge is -2.13. The van der Waals surface area contributed by atoms with Crippen LogP contribution in [0.25, 0.3) is 16.7 Å². The zero-order valence-electron chi connectivity index (χ0n) is 15.2. The van der Waals surface area contributed by atoms with Gasteiger partial charge in [-0.25, -0.2) is 4.68 Å². The van der Waals surface area contributed by atoms with Crippen molar-refractivity contribution in [1.29, 1.82) is 0 Å². The Balaban J connectivity index is 1.91. The Kier molecular flexibility index (Phi) is 4.91. The summed E-state index contributed by atoms with van der Waals surface area (Å²) < 4.78 is 6.30. The van der Waals surface area contributed by atoms with Crippen molar-refractivity contribution >= 4 is 28.9 Å². The van der Waals surface area contributed by atoms with Gasteiger partial charge < -0.3 is 0 Å². The number of para-hydroxylation sites is 1. The molecule has 2 aromatic heterocycles. The van der Waals surface area contributed by atoms with Crippen molar-refractivity contribution in [3.05, 3.63) is 39.4 Å². The van der Waals surface area contributed by atoms with E-state index in [1.54, 1.807) is 4.57 Å². The van der Waals surface area contributed by atoms with E-state index in [2.05, 4.69) is 11.8 Å². The molecule has 0 bridgehead atoms. The molecule has 1 aliphatic rings. The molecule has 0 amide bonds. The lowest BCUT2D eigenvalue weighted by Crippen LogP contribution is -2.24. The predicted molar refractivity (Wildman–Crippen MR) is 106 cm³/mol. The number of hydrogen-bond donors (Lipinski definition) is 0. The third-order valence-corrected chi connectivity index (χ3v) is 5.60. The lowest BCUT2D eigenvalue weighted by molar-refractivity contribution is 0.253. The summed E-state index contributed by atoms with van der Waals surface area (Å²) in [5, 5.41) is 5.46. The number of unbranched alkanes of at least 4 members (excludes halogenated alkanes) is 2. The van der Waals surface area contributed by atoms with Gasteiger partial charge in [0.25, 0.3) is 5.56 Å². The molecule has 1 aromatic carbocycles. The van der Waals surface area contributed by atoms with Crippen LogP contribution in [0.2, 0.25) is 0 Å². The Hall–Kier alpha value is -1.99. The highest BCUT2D eigenvalue weighted by molar-refractivity contribution is 7.71. The predicted octanol–water partition coefficient (Wildman–Crippen LogP) is 3.42. The molecule has 26 heavy (non-hydrogen) atoms. The topological polar surface area (TPSA) is 47.5 Å². The number of likely N-dealkylation sites (tertiary alicyclic amines) is 1. The fourth-order valence-electron chi connectivity index (χ4n) is 3.79. The van der Waals surface area contributed by atoms with E-state index in [9.17, 15) is 4.79 Å². The summed E-state index contributed by atoms with van der Waals surface area (Å²) in [5.41, 5.74) is 0.870. The van der Waals surface area contributed by atoms with Gasteiger partial charge in [-0.05, 0) is 56.7 Å². The number of aromatic nitrogens is 4. The van der Waals surface area contributed by atoms with Crippen LogP contribution in [0.3, 0.4) is 0 Å². The van der Waals surface area contributed by atoms with Gasteiger partial charge in [0.1, 0.15) is 0 Å². The Bertz CT molecular complexity index is 1040. The average molecular weight is 372 g/mol. The number of hydrogen-bond acceptors (Lipinski definition) is 4. The summed E-state index contributed by atoms with van der Waals surface area (Å²) in [6, 6.07) is 7.69. The van der Waals surface area contributed by atoms with Crippen LogP contribution < -0.4 is 5.56 Å². The molecule has 0 radical (unpaired) electrons. The molecular weight excluding hydrogens is 346 g/mol. The molecule has 0 atom stereocenters. The van der Waals surface area contributed by atoms with E-state index >= 15 is 0 Å². The standard InChI is InChI=1S/C19H25N5OS/c1-2-3-6-13-22-17(25)15-9-4-5-10-16(15)24-18(22)20-23(19(24)26)14-21-11-7-8-12-21/h4-5,9-10H,2-3,6-8,11-14H2,1H3. The van der Waals surface area contributed by atoms with Crippen LogP contribution in [0.1, 0.15) is 39.0 Å². The third kappa shape index (κ3) is 2.99. The third-order valence-electron chi connectivity index (χ3n) is 5.20. The van der Waals surface area contributed by atoms with E-state index in [1.807, 2.05) is 33.3 Å². The van der Waals surface area contributed by atoms with E-state index in [0.29, 0.717) is 29.1 Å². The quantitative estimate of drug-likeness (QED) is 0.492. The normalized spacial score (nSPS) is 15.4. The molecule has 1 aliphatic heterocycles. The maximum atomic E-state index is 13.1. The molecule has 1 fully saturated rings. The first-order valence-corrected chi connectivity index (χ1v) is 9.95. The van der Waals surface area contributed by atoms with Gasteiger partial charge in [-0.3, -0.25) is 18.7 Å². The monoisotopic (exact) mass is 371 g/mol. The van der Waals surface area contributed by atoms with Crippen LogP contribution >= 0.6 is 12.2 Å². The Labute approximate surface area is 157 Å². The molecule has 0 aliphatic carbocycles. The minimum Gasteiger partial charge on any atom is -0.284 e. The molecule has 7 heteroatoms. The van der Waals surface area contributed by atoms with Crippen molar-refractivity contribution in [3.63, 3.8) is 0 Å². The highest BCUT2D eigenvalue weighted by Crippen LogP contribution is 2.16. The smallest absolute Gasteiger partial charge is 0.262 e. The largest absolute Gasteiger partial charge is 0.284 e. The molecule has 3 aromatic rings. The van der Waals surface area contributed by atoms with E-state index in [1.165, 1.54) is 12.8 Å². The maximum absolute atomic E-state index is 13.1. The van der Waals surface area contributed by atoms with Gasteiger partial charge in [0.15, 0.2) is 0 Å². The van der Waals surface area contributed by atoms with E-state index in [4.69, 9.17) is 17.3 Å². The minimum atomic E-state index is 0.0255. The fraction of sp³-hybridized carbons (Fsp3) is 0.526. The van der Waals surface area contributed by atoms with Crippen molar-refractivity contribution in [2.45, 2.75) is 52.2 Å². The minimum absolute atomic E-state index is 0.0255. The zero-order chi connectivity index (χ0) is 18.1. The summed E-state index contributed by atoms with van der Waals surface area (Å²) in [6.07, 6.45) is 5.64. The summed E-state index contributed by atoms with van der Waals surface area (Å²) in [7, 11) is 0. The van der Waals surface area contributed by atoms with Crippen LogP contribution in [-0.2, 0) is 13.2 Å². The summed E-state index contributed by atoms with van der Waals surface area (Å²) in [6.45, 7) is 5.70. The van der Waals surface area contributed by atoms with Gasteiger partial charge in [0.2, 0.25) is 10.5 Å². The Morgan fingerprint density at radius 1 is 1.15 bits per heavy atom. The van der Waals surface area contributed by atoms with E-state index in [-0.39, 0.29) is 5.56 Å². The number of fused-ring (bicyclic) bond motifs is 3. The van der Waals surface area contributed by atoms with Gasteiger partial charge in [-0.2, -0.15) is 0 Å². The fourth-order valence-corrected chi connectivity index (χ4v) is 4.07. The van der Waals surface area contributed by atoms with Gasteiger partial charge in [-0.15, -0.1) is 5.10 Å². The van der Waals surface area contributed by atoms with E-state index in [0.717, 1.165) is 37.9 Å².